The highest BCUT2D eigenvalue weighted by molar-refractivity contribution is 6.07. The zero-order valence-corrected chi connectivity index (χ0v) is 19.3. The number of nitrogens with zero attached hydrogens (tertiary/aromatic N) is 2. The van der Waals surface area contributed by atoms with Crippen LogP contribution in [0.3, 0.4) is 0 Å². The summed E-state index contributed by atoms with van der Waals surface area (Å²) in [6.45, 7) is 6.76. The summed E-state index contributed by atoms with van der Waals surface area (Å²) < 4.78 is 10.7. The Morgan fingerprint density at radius 2 is 1.74 bits per heavy atom. The van der Waals surface area contributed by atoms with Gasteiger partial charge in [-0.25, -0.2) is 10.4 Å². The Morgan fingerprint density at radius 3 is 2.53 bits per heavy atom. The molecule has 1 aliphatic rings. The van der Waals surface area contributed by atoms with Crippen LogP contribution in [0.15, 0.2) is 77.9 Å². The molecule has 0 atom stereocenters. The highest BCUT2D eigenvalue weighted by Gasteiger charge is 2.16. The van der Waals surface area contributed by atoms with Crippen LogP contribution in [-0.4, -0.2) is 23.9 Å². The molecule has 0 fully saturated rings. The van der Waals surface area contributed by atoms with Gasteiger partial charge in [-0.05, 0) is 46.9 Å². The van der Waals surface area contributed by atoms with Crippen molar-refractivity contribution in [1.82, 2.24) is 10.4 Å². The number of hydrogen-bond donors (Lipinski definition) is 1. The maximum atomic E-state index is 13.1. The number of pyridine rings is 1. The average Bonchev–Trinajstić information content (AvgIpc) is 3.31. The lowest BCUT2D eigenvalue weighted by molar-refractivity contribution is 0.0956. The predicted molar refractivity (Wildman–Crippen MR) is 134 cm³/mol. The molecule has 0 saturated heterocycles. The van der Waals surface area contributed by atoms with E-state index in [2.05, 4.69) is 55.6 Å². The smallest absolute Gasteiger partial charge is 0.272 e. The monoisotopic (exact) mass is 451 g/mol. The molecule has 6 heteroatoms. The van der Waals surface area contributed by atoms with Crippen LogP contribution < -0.4 is 14.9 Å². The summed E-state index contributed by atoms with van der Waals surface area (Å²) in [5.74, 6) is 1.06. The lowest BCUT2D eigenvalue weighted by Gasteiger charge is -2.19. The Balaban J connectivity index is 1.43. The van der Waals surface area contributed by atoms with E-state index in [1.54, 1.807) is 6.21 Å². The van der Waals surface area contributed by atoms with E-state index < -0.39 is 0 Å². The first-order valence-corrected chi connectivity index (χ1v) is 11.1. The van der Waals surface area contributed by atoms with Gasteiger partial charge in [0.25, 0.3) is 5.91 Å². The van der Waals surface area contributed by atoms with Crippen LogP contribution in [0.2, 0.25) is 0 Å². The average molecular weight is 452 g/mol. The van der Waals surface area contributed by atoms with Crippen molar-refractivity contribution in [3.8, 4) is 22.8 Å². The number of hydrazone groups is 1. The maximum absolute atomic E-state index is 13.1. The second-order valence-corrected chi connectivity index (χ2v) is 9.21. The quantitative estimate of drug-likeness (QED) is 0.319. The molecule has 0 bridgehead atoms. The molecule has 170 valence electrons. The lowest BCUT2D eigenvalue weighted by atomic mass is 9.86. The van der Waals surface area contributed by atoms with Crippen LogP contribution in [0.1, 0.15) is 42.3 Å². The van der Waals surface area contributed by atoms with Crippen molar-refractivity contribution in [3.63, 3.8) is 0 Å². The number of benzene rings is 3. The fourth-order valence-electron chi connectivity index (χ4n) is 3.87. The molecule has 0 spiro atoms. The molecule has 0 aliphatic carbocycles. The second-order valence-electron chi connectivity index (χ2n) is 9.21. The Hall–Kier alpha value is -4.19. The maximum Gasteiger partial charge on any atom is 0.272 e. The second kappa shape index (κ2) is 8.63. The fraction of sp³-hybridized carbons (Fsp3) is 0.179. The Kier molecular flexibility index (Phi) is 5.49. The van der Waals surface area contributed by atoms with Crippen molar-refractivity contribution < 1.29 is 14.3 Å². The van der Waals surface area contributed by atoms with Crippen molar-refractivity contribution in [3.05, 3.63) is 89.5 Å². The molecule has 4 aromatic rings. The number of hydrogen-bond acceptors (Lipinski definition) is 5. The van der Waals surface area contributed by atoms with Gasteiger partial charge in [-0.1, -0.05) is 63.2 Å². The van der Waals surface area contributed by atoms with Crippen molar-refractivity contribution >= 4 is 23.0 Å². The minimum Gasteiger partial charge on any atom is -0.454 e. The normalized spacial score (nSPS) is 12.9. The van der Waals surface area contributed by atoms with Crippen LogP contribution >= 0.6 is 0 Å². The number of ether oxygens (including phenoxy) is 2. The molecule has 1 aromatic heterocycles. The van der Waals surface area contributed by atoms with Crippen LogP contribution in [-0.2, 0) is 5.41 Å². The van der Waals surface area contributed by atoms with E-state index in [-0.39, 0.29) is 18.1 Å². The highest BCUT2D eigenvalue weighted by atomic mass is 16.7. The van der Waals surface area contributed by atoms with Crippen molar-refractivity contribution in [2.24, 2.45) is 5.10 Å². The summed E-state index contributed by atoms with van der Waals surface area (Å²) in [4.78, 5) is 17.9. The summed E-state index contributed by atoms with van der Waals surface area (Å²) >= 11 is 0. The topological polar surface area (TPSA) is 72.8 Å². The summed E-state index contributed by atoms with van der Waals surface area (Å²) in [6, 6.07) is 23.3. The van der Waals surface area contributed by atoms with E-state index in [0.717, 1.165) is 27.7 Å². The number of nitrogens with one attached hydrogen (secondary N) is 1. The van der Waals surface area contributed by atoms with Gasteiger partial charge in [0.1, 0.15) is 0 Å². The van der Waals surface area contributed by atoms with Crippen molar-refractivity contribution in [1.29, 1.82) is 0 Å². The third-order valence-electron chi connectivity index (χ3n) is 5.78. The molecule has 0 radical (unpaired) electrons. The number of aromatic nitrogens is 1. The number of fused-ring (bicyclic) bond motifs is 2. The van der Waals surface area contributed by atoms with Gasteiger partial charge in [-0.2, -0.15) is 5.10 Å². The van der Waals surface area contributed by atoms with E-state index in [9.17, 15) is 4.79 Å². The number of carbonyl (C=O) groups excluding carboxylic acids is 1. The first-order valence-electron chi connectivity index (χ1n) is 11.1. The van der Waals surface area contributed by atoms with Crippen LogP contribution in [0.25, 0.3) is 22.2 Å². The fourth-order valence-corrected chi connectivity index (χ4v) is 3.87. The molecule has 5 rings (SSSR count). The molecular formula is C28H25N3O3. The molecule has 0 unspecified atom stereocenters. The molecule has 6 nitrogen and oxygen atoms in total. The van der Waals surface area contributed by atoms with E-state index >= 15 is 0 Å². The van der Waals surface area contributed by atoms with Crippen molar-refractivity contribution in [2.75, 3.05) is 6.79 Å². The number of amides is 1. The van der Waals surface area contributed by atoms with E-state index in [1.165, 1.54) is 5.56 Å². The lowest BCUT2D eigenvalue weighted by Crippen LogP contribution is -2.18. The largest absolute Gasteiger partial charge is 0.454 e. The van der Waals surface area contributed by atoms with Gasteiger partial charge in [0, 0.05) is 10.9 Å². The van der Waals surface area contributed by atoms with Gasteiger partial charge in [0.2, 0.25) is 6.79 Å². The number of rotatable bonds is 4. The van der Waals surface area contributed by atoms with Crippen molar-refractivity contribution in [2.45, 2.75) is 26.2 Å². The summed E-state index contributed by atoms with van der Waals surface area (Å²) in [5.41, 5.74) is 7.72. The van der Waals surface area contributed by atoms with Gasteiger partial charge in [-0.3, -0.25) is 4.79 Å². The molecule has 1 N–H and O–H groups in total. The van der Waals surface area contributed by atoms with Gasteiger partial charge in [0.05, 0.1) is 23.0 Å². The third-order valence-corrected chi connectivity index (χ3v) is 5.78. The Bertz CT molecular complexity index is 1400. The Labute approximate surface area is 198 Å². The standard InChI is InChI=1S/C28H25N3O3/c1-28(2,3)20-11-9-19(10-12-20)24-15-22(21-6-4-5-7-23(21)30-24)27(32)31-29-16-18-8-13-25-26(14-18)34-17-33-25/h4-16H,17H2,1-3H3,(H,31,32)/b29-16+. The van der Waals surface area contributed by atoms with E-state index in [0.29, 0.717) is 17.1 Å². The summed E-state index contributed by atoms with van der Waals surface area (Å²) in [5, 5.41) is 4.92. The first kappa shape index (κ1) is 21.6. The number of para-hydroxylation sites is 1. The van der Waals surface area contributed by atoms with E-state index in [1.807, 2.05) is 48.5 Å². The molecular weight excluding hydrogens is 426 g/mol. The zero-order valence-electron chi connectivity index (χ0n) is 19.3. The SMILES string of the molecule is CC(C)(C)c1ccc(-c2cc(C(=O)N/N=C/c3ccc4c(c3)OCO4)c3ccccc3n2)cc1. The van der Waals surface area contributed by atoms with Gasteiger partial charge >= 0.3 is 0 Å². The molecule has 0 saturated carbocycles. The van der Waals surface area contributed by atoms with Crippen LogP contribution in [0, 0.1) is 0 Å². The number of carbonyl (C=O) groups is 1. The van der Waals surface area contributed by atoms with E-state index in [4.69, 9.17) is 14.5 Å². The van der Waals surface area contributed by atoms with Crippen LogP contribution in [0.4, 0.5) is 0 Å². The van der Waals surface area contributed by atoms with Gasteiger partial charge in [-0.15, -0.1) is 0 Å². The molecule has 34 heavy (non-hydrogen) atoms. The molecule has 1 aliphatic heterocycles. The highest BCUT2D eigenvalue weighted by Crippen LogP contribution is 2.32. The summed E-state index contributed by atoms with van der Waals surface area (Å²) in [7, 11) is 0. The predicted octanol–water partition coefficient (Wildman–Crippen LogP) is 5.69. The Morgan fingerprint density at radius 1 is 0.971 bits per heavy atom. The minimum atomic E-state index is -0.303. The minimum absolute atomic E-state index is 0.0658. The zero-order chi connectivity index (χ0) is 23.7. The van der Waals surface area contributed by atoms with Gasteiger partial charge in [0.15, 0.2) is 11.5 Å². The summed E-state index contributed by atoms with van der Waals surface area (Å²) in [6.07, 6.45) is 1.58. The van der Waals surface area contributed by atoms with Gasteiger partial charge < -0.3 is 9.47 Å². The first-order chi connectivity index (χ1) is 16.4. The third kappa shape index (κ3) is 4.35. The molecule has 2 heterocycles. The molecule has 1 amide bonds. The molecule has 3 aromatic carbocycles. The van der Waals surface area contributed by atoms with Crippen LogP contribution in [0.5, 0.6) is 11.5 Å².